The molecule has 1 N–H and O–H groups in total. The Kier molecular flexibility index (Phi) is 5.64. The van der Waals surface area contributed by atoms with E-state index < -0.39 is 0 Å². The first-order valence-corrected chi connectivity index (χ1v) is 11.5. The van der Waals surface area contributed by atoms with Crippen molar-refractivity contribution in [3.63, 3.8) is 0 Å². The first-order valence-electron chi connectivity index (χ1n) is 10.7. The van der Waals surface area contributed by atoms with Gasteiger partial charge in [0.05, 0.1) is 10.2 Å². The summed E-state index contributed by atoms with van der Waals surface area (Å²) < 4.78 is 6.94. The summed E-state index contributed by atoms with van der Waals surface area (Å²) in [5.74, 6) is 1.39. The van der Waals surface area contributed by atoms with E-state index in [-0.39, 0.29) is 5.91 Å². The number of carbonyl (C=O) groups is 1. The van der Waals surface area contributed by atoms with Crippen LogP contribution in [0.1, 0.15) is 31.2 Å². The fraction of sp³-hybridized carbons (Fsp3) is 0.435. The summed E-state index contributed by atoms with van der Waals surface area (Å²) in [7, 11) is 0. The quantitative estimate of drug-likeness (QED) is 0.623. The number of hydrogen-bond acceptors (Lipinski definition) is 6. The van der Waals surface area contributed by atoms with Crippen LogP contribution in [0, 0.1) is 5.92 Å². The van der Waals surface area contributed by atoms with Crippen LogP contribution in [0.25, 0.3) is 10.2 Å². The second-order valence-electron chi connectivity index (χ2n) is 8.22. The average molecular weight is 423 g/mol. The van der Waals surface area contributed by atoms with Crippen molar-refractivity contribution in [2.24, 2.45) is 5.92 Å². The molecule has 156 valence electrons. The molecule has 0 radical (unpaired) electrons. The van der Waals surface area contributed by atoms with E-state index >= 15 is 0 Å². The number of amides is 1. The Morgan fingerprint density at radius 2 is 1.93 bits per heavy atom. The van der Waals surface area contributed by atoms with Gasteiger partial charge in [0.15, 0.2) is 0 Å². The van der Waals surface area contributed by atoms with Gasteiger partial charge in [0.25, 0.3) is 5.19 Å². The minimum absolute atomic E-state index is 0.276. The summed E-state index contributed by atoms with van der Waals surface area (Å²) >= 11 is 1.51. The minimum atomic E-state index is 0.276. The predicted octanol–water partition coefficient (Wildman–Crippen LogP) is 4.02. The zero-order valence-electron chi connectivity index (χ0n) is 16.9. The van der Waals surface area contributed by atoms with E-state index in [0.717, 1.165) is 67.7 Å². The van der Waals surface area contributed by atoms with E-state index in [0.29, 0.717) is 17.2 Å². The molecule has 5 rings (SSSR count). The molecule has 1 saturated heterocycles. The first-order chi connectivity index (χ1) is 14.7. The van der Waals surface area contributed by atoms with Gasteiger partial charge >= 0.3 is 0 Å². The second-order valence-corrected chi connectivity index (χ2v) is 9.21. The van der Waals surface area contributed by atoms with Gasteiger partial charge < -0.3 is 15.0 Å². The number of fused-ring (bicyclic) bond motifs is 1. The third kappa shape index (κ3) is 4.79. The van der Waals surface area contributed by atoms with Crippen molar-refractivity contribution in [2.75, 3.05) is 19.6 Å². The van der Waals surface area contributed by atoms with Crippen molar-refractivity contribution in [3.05, 3.63) is 48.3 Å². The molecule has 1 amide bonds. The van der Waals surface area contributed by atoms with E-state index in [4.69, 9.17) is 4.74 Å². The van der Waals surface area contributed by atoms with E-state index in [1.165, 1.54) is 16.9 Å². The van der Waals surface area contributed by atoms with Crippen LogP contribution < -0.4 is 10.1 Å². The summed E-state index contributed by atoms with van der Waals surface area (Å²) in [6.07, 6.45) is 8.84. The SMILES string of the molecule is O=C(NC1CCN(CCc2ccc(Oc3nc4ccncc4s3)cc2)CC1)C1CC1. The lowest BCUT2D eigenvalue weighted by Gasteiger charge is -2.32. The van der Waals surface area contributed by atoms with E-state index in [9.17, 15) is 4.79 Å². The van der Waals surface area contributed by atoms with Gasteiger partial charge in [-0.15, -0.1) is 0 Å². The van der Waals surface area contributed by atoms with Crippen LogP contribution in [-0.2, 0) is 11.2 Å². The lowest BCUT2D eigenvalue weighted by Crippen LogP contribution is -2.45. The lowest BCUT2D eigenvalue weighted by molar-refractivity contribution is -0.123. The number of carbonyl (C=O) groups excluding carboxylic acids is 1. The van der Waals surface area contributed by atoms with Gasteiger partial charge in [-0.25, -0.2) is 4.98 Å². The zero-order valence-corrected chi connectivity index (χ0v) is 17.7. The molecule has 7 heteroatoms. The van der Waals surface area contributed by atoms with Gasteiger partial charge in [-0.1, -0.05) is 23.5 Å². The summed E-state index contributed by atoms with van der Waals surface area (Å²) in [5, 5.41) is 3.86. The molecule has 6 nitrogen and oxygen atoms in total. The molecule has 30 heavy (non-hydrogen) atoms. The molecule has 0 atom stereocenters. The highest BCUT2D eigenvalue weighted by molar-refractivity contribution is 7.20. The fourth-order valence-electron chi connectivity index (χ4n) is 3.88. The van der Waals surface area contributed by atoms with Gasteiger partial charge in [0.1, 0.15) is 5.75 Å². The van der Waals surface area contributed by atoms with Crippen molar-refractivity contribution >= 4 is 27.5 Å². The molecule has 2 aromatic heterocycles. The van der Waals surface area contributed by atoms with Crippen LogP contribution >= 0.6 is 11.3 Å². The number of rotatable bonds is 7. The van der Waals surface area contributed by atoms with Crippen LogP contribution in [-0.4, -0.2) is 46.5 Å². The third-order valence-corrected chi connectivity index (χ3v) is 6.78. The van der Waals surface area contributed by atoms with Gasteiger partial charge in [0.2, 0.25) is 5.91 Å². The Balaban J connectivity index is 1.07. The van der Waals surface area contributed by atoms with Gasteiger partial charge in [-0.2, -0.15) is 0 Å². The molecule has 3 heterocycles. The number of aromatic nitrogens is 2. The van der Waals surface area contributed by atoms with Gasteiger partial charge in [-0.05, 0) is 55.9 Å². The Hall–Kier alpha value is -2.51. The van der Waals surface area contributed by atoms with Gasteiger partial charge in [0, 0.05) is 44.0 Å². The molecule has 1 aliphatic carbocycles. The largest absolute Gasteiger partial charge is 0.431 e. The number of likely N-dealkylation sites (tertiary alicyclic amines) is 1. The monoisotopic (exact) mass is 422 g/mol. The summed E-state index contributed by atoms with van der Waals surface area (Å²) in [6.45, 7) is 3.17. The maximum atomic E-state index is 11.9. The second kappa shape index (κ2) is 8.70. The first kappa shape index (κ1) is 19.5. The van der Waals surface area contributed by atoms with Crippen molar-refractivity contribution in [1.82, 2.24) is 20.2 Å². The number of pyridine rings is 1. The Bertz CT molecular complexity index is 974. The maximum Gasteiger partial charge on any atom is 0.279 e. The minimum Gasteiger partial charge on any atom is -0.431 e. The number of hydrogen-bond donors (Lipinski definition) is 1. The van der Waals surface area contributed by atoms with Crippen molar-refractivity contribution in [3.8, 4) is 10.9 Å². The summed E-state index contributed by atoms with van der Waals surface area (Å²) in [6, 6.07) is 10.5. The maximum absolute atomic E-state index is 11.9. The topological polar surface area (TPSA) is 67.4 Å². The molecule has 0 bridgehead atoms. The number of nitrogens with zero attached hydrogens (tertiary/aromatic N) is 3. The molecule has 1 aromatic carbocycles. The van der Waals surface area contributed by atoms with E-state index in [1.54, 1.807) is 6.20 Å². The molecular weight excluding hydrogens is 396 g/mol. The number of thiazole rings is 1. The normalized spacial score (nSPS) is 17.9. The number of piperidine rings is 1. The molecule has 0 unspecified atom stereocenters. The number of benzene rings is 1. The molecule has 2 fully saturated rings. The summed E-state index contributed by atoms with van der Waals surface area (Å²) in [4.78, 5) is 23.0. The molecule has 1 aliphatic heterocycles. The molecule has 3 aromatic rings. The van der Waals surface area contributed by atoms with Crippen molar-refractivity contribution in [2.45, 2.75) is 38.1 Å². The van der Waals surface area contributed by atoms with E-state index in [2.05, 4.69) is 32.3 Å². The highest BCUT2D eigenvalue weighted by Crippen LogP contribution is 2.31. The van der Waals surface area contributed by atoms with Gasteiger partial charge in [-0.3, -0.25) is 9.78 Å². The highest BCUT2D eigenvalue weighted by Gasteiger charge is 2.31. The molecule has 1 saturated carbocycles. The van der Waals surface area contributed by atoms with Crippen LogP contribution in [0.4, 0.5) is 0 Å². The van der Waals surface area contributed by atoms with E-state index in [1.807, 2.05) is 24.4 Å². The molecule has 0 spiro atoms. The Labute approximate surface area is 180 Å². The zero-order chi connectivity index (χ0) is 20.3. The number of ether oxygens (including phenoxy) is 1. The lowest BCUT2D eigenvalue weighted by atomic mass is 10.0. The fourth-order valence-corrected chi connectivity index (χ4v) is 4.68. The average Bonchev–Trinajstić information content (AvgIpc) is 3.54. The third-order valence-electron chi connectivity index (χ3n) is 5.90. The highest BCUT2D eigenvalue weighted by atomic mass is 32.1. The van der Waals surface area contributed by atoms with Crippen LogP contribution in [0.5, 0.6) is 10.9 Å². The summed E-state index contributed by atoms with van der Waals surface area (Å²) in [5.41, 5.74) is 2.22. The van der Waals surface area contributed by atoms with Crippen LogP contribution in [0.3, 0.4) is 0 Å². The van der Waals surface area contributed by atoms with Crippen molar-refractivity contribution < 1.29 is 9.53 Å². The number of nitrogens with one attached hydrogen (secondary N) is 1. The molecule has 2 aliphatic rings. The molecular formula is C23H26N4O2S. The van der Waals surface area contributed by atoms with Crippen molar-refractivity contribution in [1.29, 1.82) is 0 Å². The predicted molar refractivity (Wildman–Crippen MR) is 118 cm³/mol. The Morgan fingerprint density at radius 1 is 1.13 bits per heavy atom. The smallest absolute Gasteiger partial charge is 0.279 e. The van der Waals surface area contributed by atoms with Crippen LogP contribution in [0.15, 0.2) is 42.7 Å². The van der Waals surface area contributed by atoms with Crippen LogP contribution in [0.2, 0.25) is 0 Å². The Morgan fingerprint density at radius 3 is 2.67 bits per heavy atom. The standard InChI is InChI=1S/C23H26N4O2S/c28-22(17-3-4-17)25-18-9-13-27(14-10-18)12-8-16-1-5-19(6-2-16)29-23-26-20-7-11-24-15-21(20)30-23/h1-2,5-7,11,15,17-18H,3-4,8-10,12-14H2,(H,25,28).